The number of fused-ring (bicyclic) bond motifs is 5. The van der Waals surface area contributed by atoms with Gasteiger partial charge in [-0.25, -0.2) is 4.98 Å². The molecule has 0 saturated carbocycles. The fourth-order valence-electron chi connectivity index (χ4n) is 8.11. The van der Waals surface area contributed by atoms with E-state index in [0.29, 0.717) is 11.5 Å². The number of hydrogen-bond donors (Lipinski definition) is 0. The van der Waals surface area contributed by atoms with Crippen LogP contribution in [0.15, 0.2) is 215 Å². The molecule has 9 aromatic carbocycles. The van der Waals surface area contributed by atoms with Crippen molar-refractivity contribution in [2.24, 2.45) is 0 Å². The molecular formula is C53H34N2O2. The maximum Gasteiger partial charge on any atom is 0.227 e. The van der Waals surface area contributed by atoms with Crippen LogP contribution >= 0.6 is 0 Å². The molecule has 0 fully saturated rings. The van der Waals surface area contributed by atoms with E-state index in [9.17, 15) is 0 Å². The van der Waals surface area contributed by atoms with E-state index < -0.39 is 0 Å². The van der Waals surface area contributed by atoms with E-state index >= 15 is 0 Å². The quantitative estimate of drug-likeness (QED) is 0.164. The Morgan fingerprint density at radius 2 is 0.947 bits per heavy atom. The molecule has 268 valence electrons. The third-order valence-electron chi connectivity index (χ3n) is 10.9. The summed E-state index contributed by atoms with van der Waals surface area (Å²) in [4.78, 5) is 7.15. The molecule has 0 aliphatic rings. The first-order valence-electron chi connectivity index (χ1n) is 19.2. The van der Waals surface area contributed by atoms with E-state index in [0.717, 1.165) is 66.8 Å². The summed E-state index contributed by atoms with van der Waals surface area (Å²) < 4.78 is 12.8. The van der Waals surface area contributed by atoms with E-state index in [1.54, 1.807) is 0 Å². The van der Waals surface area contributed by atoms with Crippen molar-refractivity contribution in [1.82, 2.24) is 4.98 Å². The highest BCUT2D eigenvalue weighted by molar-refractivity contribution is 6.12. The van der Waals surface area contributed by atoms with Gasteiger partial charge in [0.25, 0.3) is 0 Å². The summed E-state index contributed by atoms with van der Waals surface area (Å²) in [6, 6.07) is 72.5. The summed E-state index contributed by atoms with van der Waals surface area (Å²) in [6.45, 7) is 0. The maximum atomic E-state index is 6.61. The molecule has 4 nitrogen and oxygen atoms in total. The van der Waals surface area contributed by atoms with Crippen LogP contribution in [-0.4, -0.2) is 4.98 Å². The third-order valence-corrected chi connectivity index (χ3v) is 10.9. The Morgan fingerprint density at radius 3 is 1.72 bits per heavy atom. The minimum atomic E-state index is 0.602. The van der Waals surface area contributed by atoms with Crippen molar-refractivity contribution in [3.05, 3.63) is 206 Å². The summed E-state index contributed by atoms with van der Waals surface area (Å²) in [5.74, 6) is 0.602. The second kappa shape index (κ2) is 13.6. The monoisotopic (exact) mass is 730 g/mol. The summed E-state index contributed by atoms with van der Waals surface area (Å²) in [5.41, 5.74) is 14.1. The van der Waals surface area contributed by atoms with Crippen LogP contribution in [0.1, 0.15) is 0 Å². The molecule has 2 aromatic heterocycles. The van der Waals surface area contributed by atoms with Gasteiger partial charge in [0.05, 0.1) is 0 Å². The van der Waals surface area contributed by atoms with Crippen molar-refractivity contribution in [2.75, 3.05) is 4.90 Å². The Balaban J connectivity index is 0.984. The number of benzene rings is 9. The summed E-state index contributed by atoms with van der Waals surface area (Å²) in [5, 5.41) is 4.54. The highest BCUT2D eigenvalue weighted by Crippen LogP contribution is 2.42. The van der Waals surface area contributed by atoms with E-state index in [4.69, 9.17) is 13.8 Å². The Bertz CT molecular complexity index is 3210. The topological polar surface area (TPSA) is 42.4 Å². The number of hydrogen-bond acceptors (Lipinski definition) is 4. The van der Waals surface area contributed by atoms with Crippen molar-refractivity contribution < 1.29 is 8.83 Å². The van der Waals surface area contributed by atoms with Crippen LogP contribution in [-0.2, 0) is 0 Å². The maximum absolute atomic E-state index is 6.61. The molecule has 0 N–H and O–H groups in total. The zero-order chi connectivity index (χ0) is 37.7. The van der Waals surface area contributed by atoms with Crippen LogP contribution in [0.2, 0.25) is 0 Å². The van der Waals surface area contributed by atoms with Crippen LogP contribution in [0.25, 0.3) is 88.6 Å². The van der Waals surface area contributed by atoms with Crippen LogP contribution in [0.3, 0.4) is 0 Å². The molecule has 0 saturated heterocycles. The van der Waals surface area contributed by atoms with Gasteiger partial charge in [0.1, 0.15) is 16.7 Å². The largest absolute Gasteiger partial charge is 0.455 e. The Labute approximate surface area is 329 Å². The van der Waals surface area contributed by atoms with Gasteiger partial charge in [-0.2, -0.15) is 0 Å². The van der Waals surface area contributed by atoms with Gasteiger partial charge in [-0.05, 0) is 93.2 Å². The van der Waals surface area contributed by atoms with Gasteiger partial charge >= 0.3 is 0 Å². The molecule has 0 spiro atoms. The van der Waals surface area contributed by atoms with Crippen molar-refractivity contribution in [2.45, 2.75) is 0 Å². The molecule has 0 aliphatic heterocycles. The number of rotatable bonds is 7. The lowest BCUT2D eigenvalue weighted by Crippen LogP contribution is -2.10. The van der Waals surface area contributed by atoms with Crippen LogP contribution in [0, 0.1) is 0 Å². The molecule has 0 unspecified atom stereocenters. The van der Waals surface area contributed by atoms with Gasteiger partial charge in [-0.1, -0.05) is 146 Å². The molecule has 0 atom stereocenters. The Kier molecular flexibility index (Phi) is 7.78. The number of para-hydroxylation sites is 1. The Hall–Kier alpha value is -7.69. The number of nitrogens with zero attached hydrogens (tertiary/aromatic N) is 2. The lowest BCUT2D eigenvalue weighted by molar-refractivity contribution is 0.617. The lowest BCUT2D eigenvalue weighted by Gasteiger charge is -2.26. The first-order chi connectivity index (χ1) is 28.2. The highest BCUT2D eigenvalue weighted by Gasteiger charge is 2.18. The van der Waals surface area contributed by atoms with Crippen molar-refractivity contribution in [3.8, 4) is 44.8 Å². The number of furan rings is 1. The van der Waals surface area contributed by atoms with E-state index in [2.05, 4.69) is 175 Å². The van der Waals surface area contributed by atoms with Crippen molar-refractivity contribution in [1.29, 1.82) is 0 Å². The van der Waals surface area contributed by atoms with E-state index in [-0.39, 0.29) is 0 Å². The molecule has 2 heterocycles. The summed E-state index contributed by atoms with van der Waals surface area (Å²) in [7, 11) is 0. The predicted molar refractivity (Wildman–Crippen MR) is 235 cm³/mol. The van der Waals surface area contributed by atoms with Gasteiger partial charge in [-0.3, -0.25) is 0 Å². The fourth-order valence-corrected chi connectivity index (χ4v) is 8.11. The molecule has 11 rings (SSSR count). The fraction of sp³-hybridized carbons (Fsp3) is 0. The van der Waals surface area contributed by atoms with Gasteiger partial charge in [0, 0.05) is 45.0 Å². The molecular weight excluding hydrogens is 697 g/mol. The summed E-state index contributed by atoms with van der Waals surface area (Å²) in [6.07, 6.45) is 0. The molecule has 11 aromatic rings. The SMILES string of the molecule is c1ccc(-c2cccc(N(c3ccc(-c4cccc5ccccc45)cc3)c3ccc(-c4cccc5c4oc4cc6oc(-c7ccccc7)nc6cc45)cc3)c2)cc1. The number of aromatic nitrogens is 1. The van der Waals surface area contributed by atoms with Crippen molar-refractivity contribution >= 4 is 60.9 Å². The highest BCUT2D eigenvalue weighted by atomic mass is 16.4. The molecule has 0 amide bonds. The second-order valence-electron chi connectivity index (χ2n) is 14.4. The smallest absolute Gasteiger partial charge is 0.227 e. The summed E-state index contributed by atoms with van der Waals surface area (Å²) >= 11 is 0. The van der Waals surface area contributed by atoms with Gasteiger partial charge in [-0.15, -0.1) is 0 Å². The number of anilines is 3. The molecule has 0 bridgehead atoms. The molecule has 0 radical (unpaired) electrons. The predicted octanol–water partition coefficient (Wildman–Crippen LogP) is 15.0. The molecule has 57 heavy (non-hydrogen) atoms. The minimum absolute atomic E-state index is 0.602. The molecule has 0 aliphatic carbocycles. The van der Waals surface area contributed by atoms with Crippen LogP contribution < -0.4 is 4.90 Å². The second-order valence-corrected chi connectivity index (χ2v) is 14.4. The van der Waals surface area contributed by atoms with Crippen LogP contribution in [0.4, 0.5) is 17.1 Å². The van der Waals surface area contributed by atoms with Gasteiger partial charge < -0.3 is 13.7 Å². The minimum Gasteiger partial charge on any atom is -0.455 e. The average Bonchev–Trinajstić information content (AvgIpc) is 3.87. The number of oxazole rings is 1. The van der Waals surface area contributed by atoms with Crippen molar-refractivity contribution in [3.63, 3.8) is 0 Å². The van der Waals surface area contributed by atoms with Gasteiger partial charge in [0.15, 0.2) is 5.58 Å². The molecule has 4 heteroatoms. The first kappa shape index (κ1) is 32.7. The third kappa shape index (κ3) is 5.83. The average molecular weight is 731 g/mol. The standard InChI is InChI=1S/C53H34N2O2/c1-3-12-35(13-4-1)40-18-9-19-43(32-40)55(41-28-24-37(25-29-41)45-21-10-17-36-14-7-8-20-44(36)45)42-30-26-38(27-31-42)46-22-11-23-47-48-33-49-51(34-50(48)56-52(46)47)57-53(54-49)39-15-5-2-6-16-39/h1-34H. The zero-order valence-electron chi connectivity index (χ0n) is 30.8. The van der Waals surface area contributed by atoms with Crippen LogP contribution in [0.5, 0.6) is 0 Å². The zero-order valence-corrected chi connectivity index (χ0v) is 30.8. The Morgan fingerprint density at radius 1 is 0.351 bits per heavy atom. The first-order valence-corrected chi connectivity index (χ1v) is 19.2. The van der Waals surface area contributed by atoms with E-state index in [1.807, 2.05) is 36.4 Å². The lowest BCUT2D eigenvalue weighted by atomic mass is 9.98. The van der Waals surface area contributed by atoms with Gasteiger partial charge in [0.2, 0.25) is 5.89 Å². The van der Waals surface area contributed by atoms with E-state index in [1.165, 1.54) is 27.5 Å². The normalized spacial score (nSPS) is 11.5.